The summed E-state index contributed by atoms with van der Waals surface area (Å²) in [6.07, 6.45) is -1.39. The lowest BCUT2D eigenvalue weighted by atomic mass is 10.3. The highest BCUT2D eigenvalue weighted by molar-refractivity contribution is 5.79. The van der Waals surface area contributed by atoms with Gasteiger partial charge in [0.25, 0.3) is 0 Å². The first kappa shape index (κ1) is 8.70. The van der Waals surface area contributed by atoms with E-state index in [4.69, 9.17) is 15.9 Å². The quantitative estimate of drug-likeness (QED) is 0.396. The van der Waals surface area contributed by atoms with Crippen molar-refractivity contribution in [1.82, 2.24) is 5.32 Å². The molecule has 0 aromatic rings. The van der Waals surface area contributed by atoms with E-state index >= 15 is 0 Å². The lowest BCUT2D eigenvalue weighted by molar-refractivity contribution is -0.139. The van der Waals surface area contributed by atoms with Gasteiger partial charge >= 0.3 is 12.1 Å². The minimum Gasteiger partial charge on any atom is -0.480 e. The van der Waals surface area contributed by atoms with Crippen molar-refractivity contribution in [2.45, 2.75) is 6.04 Å². The molecule has 5 N–H and O–H groups in total. The molecule has 0 aromatic heterocycles. The maximum atomic E-state index is 10.1. The smallest absolute Gasteiger partial charge is 0.405 e. The van der Waals surface area contributed by atoms with Crippen molar-refractivity contribution in [2.24, 2.45) is 5.73 Å². The molecular formula is C4H8N2O4. The fourth-order valence-electron chi connectivity index (χ4n) is 0.371. The second-order valence-corrected chi connectivity index (χ2v) is 1.58. The maximum absolute atomic E-state index is 10.1. The highest BCUT2D eigenvalue weighted by Crippen LogP contribution is 1.78. The van der Waals surface area contributed by atoms with Gasteiger partial charge < -0.3 is 21.3 Å². The molecule has 0 aromatic carbocycles. The van der Waals surface area contributed by atoms with Crippen molar-refractivity contribution in [1.29, 1.82) is 0 Å². The lowest BCUT2D eigenvalue weighted by Gasteiger charge is -2.07. The molecule has 0 rings (SSSR count). The van der Waals surface area contributed by atoms with Crippen molar-refractivity contribution in [3.63, 3.8) is 0 Å². The Balaban J connectivity index is 3.83. The Bertz CT molecular complexity index is 146. The second-order valence-electron chi connectivity index (χ2n) is 1.58. The van der Waals surface area contributed by atoms with E-state index in [1.54, 1.807) is 5.32 Å². The standard InChI is InChI=1S/C4H8N2O4/c5-1-2(3(7)8)6-4(9)10/h2,6H,1,5H2,(H,7,8)(H,9,10). The third-order valence-electron chi connectivity index (χ3n) is 0.832. The minimum atomic E-state index is -1.39. The summed E-state index contributed by atoms with van der Waals surface area (Å²) in [5, 5.41) is 18.0. The SMILES string of the molecule is NCC(NC(=O)O)C(=O)O. The molecule has 0 fully saturated rings. The number of carboxylic acid groups (broad SMARTS) is 2. The second kappa shape index (κ2) is 3.67. The first-order valence-corrected chi connectivity index (χ1v) is 2.50. The Morgan fingerprint density at radius 1 is 1.50 bits per heavy atom. The van der Waals surface area contributed by atoms with Crippen LogP contribution in [0.2, 0.25) is 0 Å². The number of amides is 1. The summed E-state index contributed by atoms with van der Waals surface area (Å²) < 4.78 is 0. The number of rotatable bonds is 3. The average Bonchev–Trinajstić information content (AvgIpc) is 1.81. The van der Waals surface area contributed by atoms with Crippen molar-refractivity contribution >= 4 is 12.1 Å². The Morgan fingerprint density at radius 2 is 2.00 bits per heavy atom. The van der Waals surface area contributed by atoms with Crippen LogP contribution in [0.5, 0.6) is 0 Å². The third kappa shape index (κ3) is 2.88. The number of aliphatic carboxylic acids is 1. The van der Waals surface area contributed by atoms with Gasteiger partial charge in [0.1, 0.15) is 6.04 Å². The normalized spacial score (nSPS) is 12.1. The molecule has 10 heavy (non-hydrogen) atoms. The van der Waals surface area contributed by atoms with Gasteiger partial charge in [0.05, 0.1) is 0 Å². The number of hydrogen-bond donors (Lipinski definition) is 4. The van der Waals surface area contributed by atoms with Gasteiger partial charge in [-0.3, -0.25) is 0 Å². The fourth-order valence-corrected chi connectivity index (χ4v) is 0.371. The monoisotopic (exact) mass is 148 g/mol. The van der Waals surface area contributed by atoms with Gasteiger partial charge in [-0.1, -0.05) is 0 Å². The molecule has 1 amide bonds. The molecule has 0 aliphatic rings. The summed E-state index contributed by atoms with van der Waals surface area (Å²) in [6.45, 7) is -0.248. The molecular weight excluding hydrogens is 140 g/mol. The van der Waals surface area contributed by atoms with E-state index in [1.807, 2.05) is 0 Å². The van der Waals surface area contributed by atoms with Crippen LogP contribution in [0.15, 0.2) is 0 Å². The van der Waals surface area contributed by atoms with Gasteiger partial charge in [-0.2, -0.15) is 0 Å². The average molecular weight is 148 g/mol. The van der Waals surface area contributed by atoms with E-state index in [0.29, 0.717) is 0 Å². The Labute approximate surface area is 56.6 Å². The molecule has 0 saturated carbocycles. The molecule has 58 valence electrons. The highest BCUT2D eigenvalue weighted by Gasteiger charge is 2.16. The van der Waals surface area contributed by atoms with Gasteiger partial charge in [0.2, 0.25) is 0 Å². The Morgan fingerprint density at radius 3 is 2.10 bits per heavy atom. The first-order chi connectivity index (χ1) is 4.57. The first-order valence-electron chi connectivity index (χ1n) is 2.50. The zero-order chi connectivity index (χ0) is 8.15. The summed E-state index contributed by atoms with van der Waals surface area (Å²) in [5.74, 6) is -1.27. The zero-order valence-electron chi connectivity index (χ0n) is 5.07. The summed E-state index contributed by atoms with van der Waals surface area (Å²) in [6, 6.07) is -1.21. The van der Waals surface area contributed by atoms with Crippen LogP contribution in [-0.2, 0) is 4.79 Å². The van der Waals surface area contributed by atoms with Crippen LogP contribution in [0.4, 0.5) is 4.79 Å². The molecule has 1 atom stereocenters. The third-order valence-corrected chi connectivity index (χ3v) is 0.832. The molecule has 6 heteroatoms. The molecule has 0 spiro atoms. The Kier molecular flexibility index (Phi) is 3.20. The molecule has 0 heterocycles. The Hall–Kier alpha value is -1.30. The van der Waals surface area contributed by atoms with E-state index in [2.05, 4.69) is 0 Å². The van der Waals surface area contributed by atoms with Crippen molar-refractivity contribution in [3.05, 3.63) is 0 Å². The van der Waals surface area contributed by atoms with Crippen LogP contribution < -0.4 is 11.1 Å². The zero-order valence-corrected chi connectivity index (χ0v) is 5.07. The molecule has 0 radical (unpaired) electrons. The largest absolute Gasteiger partial charge is 0.480 e. The molecule has 0 aliphatic carbocycles. The predicted molar refractivity (Wildman–Crippen MR) is 31.6 cm³/mol. The van der Waals surface area contributed by atoms with E-state index < -0.39 is 18.1 Å². The number of carboxylic acids is 1. The van der Waals surface area contributed by atoms with Crippen molar-refractivity contribution < 1.29 is 19.8 Å². The molecule has 0 saturated heterocycles. The number of nitrogens with two attached hydrogens (primary N) is 1. The van der Waals surface area contributed by atoms with Crippen LogP contribution >= 0.6 is 0 Å². The fraction of sp³-hybridized carbons (Fsp3) is 0.500. The van der Waals surface area contributed by atoms with Gasteiger partial charge in [-0.05, 0) is 0 Å². The minimum absolute atomic E-state index is 0.248. The van der Waals surface area contributed by atoms with Crippen molar-refractivity contribution in [2.75, 3.05) is 6.54 Å². The van der Waals surface area contributed by atoms with Crippen LogP contribution in [0.3, 0.4) is 0 Å². The summed E-state index contributed by atoms with van der Waals surface area (Å²) in [5.41, 5.74) is 4.92. The van der Waals surface area contributed by atoms with Gasteiger partial charge in [-0.15, -0.1) is 0 Å². The van der Waals surface area contributed by atoms with Crippen LogP contribution in [0.25, 0.3) is 0 Å². The summed E-state index contributed by atoms with van der Waals surface area (Å²) in [7, 11) is 0. The van der Waals surface area contributed by atoms with Crippen LogP contribution in [0, 0.1) is 0 Å². The molecule has 0 bridgehead atoms. The van der Waals surface area contributed by atoms with Gasteiger partial charge in [0.15, 0.2) is 0 Å². The number of carbonyl (C=O) groups is 2. The molecule has 0 aliphatic heterocycles. The van der Waals surface area contributed by atoms with E-state index in [9.17, 15) is 9.59 Å². The summed E-state index contributed by atoms with van der Waals surface area (Å²) >= 11 is 0. The molecule has 1 unspecified atom stereocenters. The van der Waals surface area contributed by atoms with Crippen LogP contribution in [0.1, 0.15) is 0 Å². The predicted octanol–water partition coefficient (Wildman–Crippen LogP) is -1.33. The number of nitrogens with one attached hydrogen (secondary N) is 1. The van der Waals surface area contributed by atoms with E-state index in [-0.39, 0.29) is 6.54 Å². The van der Waals surface area contributed by atoms with Gasteiger partial charge in [-0.25, -0.2) is 9.59 Å². The number of hydrogen-bond acceptors (Lipinski definition) is 3. The lowest BCUT2D eigenvalue weighted by Crippen LogP contribution is -2.45. The van der Waals surface area contributed by atoms with E-state index in [0.717, 1.165) is 0 Å². The highest BCUT2D eigenvalue weighted by atomic mass is 16.4. The maximum Gasteiger partial charge on any atom is 0.405 e. The van der Waals surface area contributed by atoms with Crippen LogP contribution in [-0.4, -0.2) is 34.9 Å². The van der Waals surface area contributed by atoms with Crippen molar-refractivity contribution in [3.8, 4) is 0 Å². The van der Waals surface area contributed by atoms with Gasteiger partial charge in [0, 0.05) is 6.54 Å². The topological polar surface area (TPSA) is 113 Å². The molecule has 6 nitrogen and oxygen atoms in total. The summed E-state index contributed by atoms with van der Waals surface area (Å²) in [4.78, 5) is 19.9. The van der Waals surface area contributed by atoms with E-state index in [1.165, 1.54) is 0 Å².